The summed E-state index contributed by atoms with van der Waals surface area (Å²) in [6.07, 6.45) is 5.14. The Kier molecular flexibility index (Phi) is 1.10. The van der Waals surface area contributed by atoms with Crippen LogP contribution >= 0.6 is 0 Å². The zero-order valence-corrected chi connectivity index (χ0v) is 3.72. The fourth-order valence-corrected chi connectivity index (χ4v) is 0.738. The van der Waals surface area contributed by atoms with Gasteiger partial charge in [0.25, 0.3) is 0 Å². The van der Waals surface area contributed by atoms with Gasteiger partial charge in [-0.05, 0) is 25.7 Å². The highest BCUT2D eigenvalue weighted by Gasteiger charge is 2.09. The van der Waals surface area contributed by atoms with Crippen LogP contribution in [0.1, 0.15) is 19.3 Å². The van der Waals surface area contributed by atoms with Gasteiger partial charge in [0.05, 0.1) is 6.10 Å². The minimum atomic E-state index is -0.00926. The molecule has 0 unspecified atom stereocenters. The summed E-state index contributed by atoms with van der Waals surface area (Å²) < 4.78 is 0. The molecule has 0 amide bonds. The lowest BCUT2D eigenvalue weighted by Gasteiger charge is -1.91. The van der Waals surface area contributed by atoms with Gasteiger partial charge in [0.15, 0.2) is 0 Å². The van der Waals surface area contributed by atoms with Gasteiger partial charge in [0.2, 0.25) is 0 Å². The molecule has 1 aliphatic carbocycles. The second-order valence-corrected chi connectivity index (χ2v) is 1.76. The summed E-state index contributed by atoms with van der Waals surface area (Å²) >= 11 is 0. The topological polar surface area (TPSA) is 20.2 Å². The van der Waals surface area contributed by atoms with Crippen LogP contribution in [-0.2, 0) is 0 Å². The lowest BCUT2D eigenvalue weighted by molar-refractivity contribution is 0.186. The van der Waals surface area contributed by atoms with Crippen molar-refractivity contribution in [3.63, 3.8) is 0 Å². The Morgan fingerprint density at radius 3 is 2.67 bits per heavy atom. The van der Waals surface area contributed by atoms with E-state index in [0.717, 1.165) is 19.3 Å². The molecule has 0 bridgehead atoms. The first-order valence-corrected chi connectivity index (χ1v) is 2.39. The molecule has 0 aliphatic heterocycles. The van der Waals surface area contributed by atoms with E-state index in [0.29, 0.717) is 0 Å². The fourth-order valence-electron chi connectivity index (χ4n) is 0.738. The van der Waals surface area contributed by atoms with E-state index in [-0.39, 0.29) is 6.10 Å². The highest BCUT2D eigenvalue weighted by molar-refractivity contribution is 4.79. The van der Waals surface area contributed by atoms with Crippen molar-refractivity contribution < 1.29 is 5.11 Å². The highest BCUT2D eigenvalue weighted by Crippen LogP contribution is 2.15. The minimum absolute atomic E-state index is 0.00926. The van der Waals surface area contributed by atoms with E-state index >= 15 is 0 Å². The van der Waals surface area contributed by atoms with Gasteiger partial charge in [0.1, 0.15) is 0 Å². The summed E-state index contributed by atoms with van der Waals surface area (Å²) in [7, 11) is 0. The first kappa shape index (κ1) is 4.13. The summed E-state index contributed by atoms with van der Waals surface area (Å²) in [4.78, 5) is 0. The number of aliphatic hydroxyl groups is 1. The van der Waals surface area contributed by atoms with Crippen LogP contribution in [0.4, 0.5) is 0 Å². The molecule has 1 heteroatoms. The molecule has 1 nitrogen and oxygen atoms in total. The van der Waals surface area contributed by atoms with E-state index in [2.05, 4.69) is 6.42 Å². The molecule has 1 saturated carbocycles. The molecule has 0 aromatic heterocycles. The molecule has 35 valence electrons. The summed E-state index contributed by atoms with van der Waals surface area (Å²) in [6, 6.07) is 0. The molecule has 0 heterocycles. The quantitative estimate of drug-likeness (QED) is 0.460. The molecule has 1 radical (unpaired) electrons. The molecule has 0 aromatic rings. The third-order valence-corrected chi connectivity index (χ3v) is 1.14. The van der Waals surface area contributed by atoms with E-state index in [9.17, 15) is 0 Å². The van der Waals surface area contributed by atoms with Gasteiger partial charge < -0.3 is 5.11 Å². The highest BCUT2D eigenvalue weighted by atomic mass is 16.3. The Hall–Kier alpha value is -0.0400. The van der Waals surface area contributed by atoms with Crippen molar-refractivity contribution in [1.82, 2.24) is 0 Å². The van der Waals surface area contributed by atoms with E-state index in [1.54, 1.807) is 0 Å². The van der Waals surface area contributed by atoms with Crippen molar-refractivity contribution in [2.45, 2.75) is 25.4 Å². The van der Waals surface area contributed by atoms with Crippen LogP contribution in [0.2, 0.25) is 0 Å². The smallest absolute Gasteiger partial charge is 0.0543 e. The lowest BCUT2D eigenvalue weighted by Crippen LogP contribution is -1.94. The summed E-state index contributed by atoms with van der Waals surface area (Å²) in [6.45, 7) is 0. The van der Waals surface area contributed by atoms with Gasteiger partial charge in [-0.1, -0.05) is 0 Å². The van der Waals surface area contributed by atoms with Gasteiger partial charge in [-0.25, -0.2) is 0 Å². The maximum atomic E-state index is 8.70. The summed E-state index contributed by atoms with van der Waals surface area (Å²) in [5, 5.41) is 8.70. The van der Waals surface area contributed by atoms with E-state index in [1.165, 1.54) is 0 Å². The van der Waals surface area contributed by atoms with Crippen LogP contribution in [0.15, 0.2) is 0 Å². The fraction of sp³-hybridized carbons (Fsp3) is 0.800. The van der Waals surface area contributed by atoms with Gasteiger partial charge in [-0.2, -0.15) is 0 Å². The standard InChI is InChI=1S/C5H9O/c6-5-3-1-2-4-5/h1,5-6H,2-4H2/t5-/m1/s1. The maximum absolute atomic E-state index is 8.70. The van der Waals surface area contributed by atoms with Gasteiger partial charge in [-0.3, -0.25) is 0 Å². The third kappa shape index (κ3) is 0.716. The Morgan fingerprint density at radius 2 is 2.50 bits per heavy atom. The average Bonchev–Trinajstić information content (AvgIpc) is 1.86. The first-order chi connectivity index (χ1) is 2.89. The number of hydrogen-bond acceptors (Lipinski definition) is 1. The molecule has 1 atom stereocenters. The molecule has 1 aliphatic rings. The van der Waals surface area contributed by atoms with Crippen molar-refractivity contribution in [2.24, 2.45) is 0 Å². The summed E-state index contributed by atoms with van der Waals surface area (Å²) in [5.41, 5.74) is 0. The Morgan fingerprint density at radius 1 is 1.67 bits per heavy atom. The van der Waals surface area contributed by atoms with Crippen molar-refractivity contribution in [2.75, 3.05) is 0 Å². The molecule has 0 spiro atoms. The molecule has 6 heavy (non-hydrogen) atoms. The van der Waals surface area contributed by atoms with Crippen molar-refractivity contribution >= 4 is 0 Å². The molecule has 0 aromatic carbocycles. The molecule has 1 N–H and O–H groups in total. The second kappa shape index (κ2) is 1.61. The van der Waals surface area contributed by atoms with Crippen LogP contribution in [0.3, 0.4) is 0 Å². The van der Waals surface area contributed by atoms with Crippen LogP contribution in [0.5, 0.6) is 0 Å². The molecule has 0 saturated heterocycles. The third-order valence-electron chi connectivity index (χ3n) is 1.14. The summed E-state index contributed by atoms with van der Waals surface area (Å²) in [5.74, 6) is 0. The monoisotopic (exact) mass is 85.1 g/mol. The van der Waals surface area contributed by atoms with Crippen LogP contribution in [0, 0.1) is 6.42 Å². The predicted molar refractivity (Wildman–Crippen MR) is 24.2 cm³/mol. The zero-order chi connectivity index (χ0) is 4.41. The van der Waals surface area contributed by atoms with E-state index in [1.807, 2.05) is 0 Å². The van der Waals surface area contributed by atoms with Crippen molar-refractivity contribution in [3.05, 3.63) is 6.42 Å². The van der Waals surface area contributed by atoms with Crippen molar-refractivity contribution in [1.29, 1.82) is 0 Å². The van der Waals surface area contributed by atoms with Crippen LogP contribution in [-0.4, -0.2) is 11.2 Å². The molecular weight excluding hydrogens is 76.1 g/mol. The molecule has 1 rings (SSSR count). The Labute approximate surface area is 38.0 Å². The Balaban J connectivity index is 2.18. The maximum Gasteiger partial charge on any atom is 0.0543 e. The lowest BCUT2D eigenvalue weighted by atomic mass is 10.3. The first-order valence-electron chi connectivity index (χ1n) is 2.39. The Bertz CT molecular complexity index is 37.2. The number of aliphatic hydroxyl groups excluding tert-OH is 1. The zero-order valence-electron chi connectivity index (χ0n) is 3.72. The van der Waals surface area contributed by atoms with Crippen LogP contribution in [0.25, 0.3) is 0 Å². The predicted octanol–water partition coefficient (Wildman–Crippen LogP) is 0.735. The SMILES string of the molecule is O[C@@H]1C[CH]CC1. The van der Waals surface area contributed by atoms with Crippen molar-refractivity contribution in [3.8, 4) is 0 Å². The number of rotatable bonds is 0. The largest absolute Gasteiger partial charge is 0.393 e. The van der Waals surface area contributed by atoms with Gasteiger partial charge in [-0.15, -0.1) is 0 Å². The molecule has 1 fully saturated rings. The van der Waals surface area contributed by atoms with Crippen LogP contribution < -0.4 is 0 Å². The van der Waals surface area contributed by atoms with Gasteiger partial charge in [0, 0.05) is 0 Å². The van der Waals surface area contributed by atoms with E-state index < -0.39 is 0 Å². The van der Waals surface area contributed by atoms with E-state index in [4.69, 9.17) is 5.11 Å². The normalized spacial score (nSPS) is 25.5. The average molecular weight is 85.1 g/mol. The second-order valence-electron chi connectivity index (χ2n) is 1.76. The van der Waals surface area contributed by atoms with Gasteiger partial charge >= 0.3 is 0 Å². The minimum Gasteiger partial charge on any atom is -0.393 e. The number of hydrogen-bond donors (Lipinski definition) is 1. The molecular formula is C5H9O.